The van der Waals surface area contributed by atoms with Gasteiger partial charge in [0.05, 0.1) is 5.02 Å². The SMILES string of the molecule is CCC(N)Cc1ccccc1Oc1cc(C)ccc1Cl. The van der Waals surface area contributed by atoms with Gasteiger partial charge in [-0.05, 0) is 49.1 Å². The highest BCUT2D eigenvalue weighted by molar-refractivity contribution is 6.32. The molecule has 106 valence electrons. The van der Waals surface area contributed by atoms with Gasteiger partial charge in [0.25, 0.3) is 0 Å². The molecule has 2 aromatic rings. The molecule has 0 bridgehead atoms. The van der Waals surface area contributed by atoms with Gasteiger partial charge in [0.2, 0.25) is 0 Å². The molecule has 20 heavy (non-hydrogen) atoms. The van der Waals surface area contributed by atoms with E-state index < -0.39 is 0 Å². The number of nitrogens with two attached hydrogens (primary N) is 1. The Morgan fingerprint density at radius 1 is 1.15 bits per heavy atom. The minimum absolute atomic E-state index is 0.146. The molecule has 2 N–H and O–H groups in total. The highest BCUT2D eigenvalue weighted by Gasteiger charge is 2.10. The van der Waals surface area contributed by atoms with E-state index in [9.17, 15) is 0 Å². The average Bonchev–Trinajstić information content (AvgIpc) is 2.44. The number of halogens is 1. The lowest BCUT2D eigenvalue weighted by Gasteiger charge is -2.15. The standard InChI is InChI=1S/C17H20ClNO/c1-3-14(19)11-13-6-4-5-7-16(13)20-17-10-12(2)8-9-15(17)18/h4-10,14H,3,11,19H2,1-2H3. The third-order valence-electron chi connectivity index (χ3n) is 3.29. The first kappa shape index (κ1) is 14.9. The van der Waals surface area contributed by atoms with Gasteiger partial charge in [0.1, 0.15) is 11.5 Å². The van der Waals surface area contributed by atoms with Crippen LogP contribution in [0.25, 0.3) is 0 Å². The molecule has 0 radical (unpaired) electrons. The predicted molar refractivity (Wildman–Crippen MR) is 84.7 cm³/mol. The summed E-state index contributed by atoms with van der Waals surface area (Å²) < 4.78 is 5.98. The summed E-state index contributed by atoms with van der Waals surface area (Å²) in [7, 11) is 0. The van der Waals surface area contributed by atoms with Gasteiger partial charge in [0, 0.05) is 6.04 Å². The summed E-state index contributed by atoms with van der Waals surface area (Å²) in [6.07, 6.45) is 1.75. The predicted octanol–water partition coefficient (Wildman–Crippen LogP) is 4.72. The molecule has 0 aliphatic carbocycles. The van der Waals surface area contributed by atoms with Crippen LogP contribution in [0.1, 0.15) is 24.5 Å². The molecular weight excluding hydrogens is 270 g/mol. The summed E-state index contributed by atoms with van der Waals surface area (Å²) in [4.78, 5) is 0. The van der Waals surface area contributed by atoms with Gasteiger partial charge in [-0.2, -0.15) is 0 Å². The fraction of sp³-hybridized carbons (Fsp3) is 0.294. The van der Waals surface area contributed by atoms with Crippen molar-refractivity contribution in [3.05, 3.63) is 58.6 Å². The Morgan fingerprint density at radius 3 is 2.65 bits per heavy atom. The second kappa shape index (κ2) is 6.78. The van der Waals surface area contributed by atoms with Gasteiger partial charge in [-0.3, -0.25) is 0 Å². The number of ether oxygens (including phenoxy) is 1. The zero-order valence-electron chi connectivity index (χ0n) is 11.9. The van der Waals surface area contributed by atoms with Crippen LogP contribution >= 0.6 is 11.6 Å². The summed E-state index contributed by atoms with van der Waals surface area (Å²) >= 11 is 6.18. The van der Waals surface area contributed by atoms with Crippen molar-refractivity contribution >= 4 is 11.6 Å². The van der Waals surface area contributed by atoms with Gasteiger partial charge in [-0.1, -0.05) is 42.8 Å². The van der Waals surface area contributed by atoms with Crippen molar-refractivity contribution in [2.24, 2.45) is 5.73 Å². The minimum atomic E-state index is 0.146. The quantitative estimate of drug-likeness (QED) is 0.864. The zero-order valence-corrected chi connectivity index (χ0v) is 12.7. The van der Waals surface area contributed by atoms with Gasteiger partial charge in [-0.15, -0.1) is 0 Å². The highest BCUT2D eigenvalue weighted by Crippen LogP contribution is 2.32. The lowest BCUT2D eigenvalue weighted by atomic mass is 10.0. The molecule has 2 aromatic carbocycles. The number of hydrogen-bond donors (Lipinski definition) is 1. The van der Waals surface area contributed by atoms with E-state index in [-0.39, 0.29) is 6.04 Å². The molecule has 2 rings (SSSR count). The van der Waals surface area contributed by atoms with Crippen molar-refractivity contribution in [2.75, 3.05) is 0 Å². The van der Waals surface area contributed by atoms with E-state index in [1.54, 1.807) is 0 Å². The van der Waals surface area contributed by atoms with E-state index in [1.165, 1.54) is 0 Å². The lowest BCUT2D eigenvalue weighted by Crippen LogP contribution is -2.21. The molecule has 0 heterocycles. The van der Waals surface area contributed by atoms with Crippen molar-refractivity contribution in [3.63, 3.8) is 0 Å². The Bertz CT molecular complexity index is 583. The number of hydrogen-bond acceptors (Lipinski definition) is 2. The fourth-order valence-corrected chi connectivity index (χ4v) is 2.16. The normalized spacial score (nSPS) is 12.2. The Morgan fingerprint density at radius 2 is 1.90 bits per heavy atom. The summed E-state index contributed by atoms with van der Waals surface area (Å²) in [5, 5.41) is 0.616. The first-order chi connectivity index (χ1) is 9.60. The van der Waals surface area contributed by atoms with E-state index in [2.05, 4.69) is 13.0 Å². The number of benzene rings is 2. The highest BCUT2D eigenvalue weighted by atomic mass is 35.5. The van der Waals surface area contributed by atoms with Crippen LogP contribution in [0.3, 0.4) is 0 Å². The Labute approximate surface area is 125 Å². The monoisotopic (exact) mass is 289 g/mol. The molecule has 0 aromatic heterocycles. The molecule has 0 aliphatic heterocycles. The van der Waals surface area contributed by atoms with E-state index in [0.717, 1.165) is 29.7 Å². The van der Waals surface area contributed by atoms with Crippen LogP contribution in [-0.2, 0) is 6.42 Å². The first-order valence-electron chi connectivity index (χ1n) is 6.87. The van der Waals surface area contributed by atoms with Crippen LogP contribution in [0.5, 0.6) is 11.5 Å². The molecule has 0 fully saturated rings. The van der Waals surface area contributed by atoms with Crippen LogP contribution in [0.15, 0.2) is 42.5 Å². The van der Waals surface area contributed by atoms with Crippen molar-refractivity contribution < 1.29 is 4.74 Å². The molecule has 1 unspecified atom stereocenters. The third-order valence-corrected chi connectivity index (χ3v) is 3.60. The molecule has 0 saturated heterocycles. The average molecular weight is 290 g/mol. The van der Waals surface area contributed by atoms with Crippen molar-refractivity contribution in [1.82, 2.24) is 0 Å². The van der Waals surface area contributed by atoms with E-state index in [4.69, 9.17) is 22.1 Å². The molecular formula is C17H20ClNO. The lowest BCUT2D eigenvalue weighted by molar-refractivity contribution is 0.472. The van der Waals surface area contributed by atoms with E-state index in [1.807, 2.05) is 43.3 Å². The van der Waals surface area contributed by atoms with Crippen molar-refractivity contribution in [3.8, 4) is 11.5 Å². The maximum Gasteiger partial charge on any atom is 0.146 e. The Balaban J connectivity index is 2.27. The number of para-hydroxylation sites is 1. The maximum absolute atomic E-state index is 6.18. The van der Waals surface area contributed by atoms with Crippen LogP contribution in [0.2, 0.25) is 5.02 Å². The molecule has 1 atom stereocenters. The Kier molecular flexibility index (Phi) is 5.05. The summed E-state index contributed by atoms with van der Waals surface area (Å²) in [6, 6.07) is 13.9. The van der Waals surface area contributed by atoms with Crippen LogP contribution in [0.4, 0.5) is 0 Å². The van der Waals surface area contributed by atoms with Crippen LogP contribution < -0.4 is 10.5 Å². The number of aryl methyl sites for hydroxylation is 1. The largest absolute Gasteiger partial charge is 0.456 e. The first-order valence-corrected chi connectivity index (χ1v) is 7.25. The maximum atomic E-state index is 6.18. The van der Waals surface area contributed by atoms with Gasteiger partial charge < -0.3 is 10.5 Å². The van der Waals surface area contributed by atoms with Crippen LogP contribution in [0, 0.1) is 6.92 Å². The molecule has 0 saturated carbocycles. The Hall–Kier alpha value is -1.51. The van der Waals surface area contributed by atoms with Gasteiger partial charge in [-0.25, -0.2) is 0 Å². The van der Waals surface area contributed by atoms with E-state index >= 15 is 0 Å². The molecule has 3 heteroatoms. The zero-order chi connectivity index (χ0) is 14.5. The fourth-order valence-electron chi connectivity index (χ4n) is 2.01. The molecule has 0 amide bonds. The third kappa shape index (κ3) is 3.75. The minimum Gasteiger partial charge on any atom is -0.456 e. The summed E-state index contributed by atoms with van der Waals surface area (Å²) in [5.74, 6) is 1.51. The van der Waals surface area contributed by atoms with Crippen molar-refractivity contribution in [2.45, 2.75) is 32.7 Å². The van der Waals surface area contributed by atoms with Gasteiger partial charge >= 0.3 is 0 Å². The smallest absolute Gasteiger partial charge is 0.146 e. The number of rotatable bonds is 5. The topological polar surface area (TPSA) is 35.2 Å². The summed E-state index contributed by atoms with van der Waals surface area (Å²) in [6.45, 7) is 4.10. The van der Waals surface area contributed by atoms with Crippen LogP contribution in [-0.4, -0.2) is 6.04 Å². The summed E-state index contributed by atoms with van der Waals surface area (Å²) in [5.41, 5.74) is 8.27. The molecule has 2 nitrogen and oxygen atoms in total. The van der Waals surface area contributed by atoms with Crippen molar-refractivity contribution in [1.29, 1.82) is 0 Å². The molecule has 0 spiro atoms. The second-order valence-corrected chi connectivity index (χ2v) is 5.42. The second-order valence-electron chi connectivity index (χ2n) is 5.02. The van der Waals surface area contributed by atoms with E-state index in [0.29, 0.717) is 10.8 Å². The van der Waals surface area contributed by atoms with Gasteiger partial charge in [0.15, 0.2) is 0 Å². The molecule has 0 aliphatic rings.